The van der Waals surface area contributed by atoms with Crippen molar-refractivity contribution in [1.82, 2.24) is 0 Å². The van der Waals surface area contributed by atoms with Crippen LogP contribution in [0.25, 0.3) is 0 Å². The number of nitrogen functional groups attached to an aromatic ring is 1. The van der Waals surface area contributed by atoms with Gasteiger partial charge < -0.3 is 15.8 Å². The molecule has 0 aliphatic heterocycles. The Bertz CT molecular complexity index is 606. The number of Topliss-reactive ketones (excluding diaryl/α,β-unsaturated/α-hetero) is 1. The monoisotopic (exact) mass is 270 g/mol. The number of carbonyl (C=O) groups excluding carboxylic acids is 1. The van der Waals surface area contributed by atoms with E-state index in [1.807, 2.05) is 31.2 Å². The third-order valence-corrected chi connectivity index (χ3v) is 3.06. The zero-order valence-corrected chi connectivity index (χ0v) is 11.6. The second-order valence-electron chi connectivity index (χ2n) is 4.60. The number of hydrogen-bond donors (Lipinski definition) is 2. The number of nitrogens with two attached hydrogens (primary N) is 1. The van der Waals surface area contributed by atoms with Crippen molar-refractivity contribution < 1.29 is 9.53 Å². The summed E-state index contributed by atoms with van der Waals surface area (Å²) in [5.74, 6) is 0.563. The van der Waals surface area contributed by atoms with Gasteiger partial charge in [-0.1, -0.05) is 17.7 Å². The summed E-state index contributed by atoms with van der Waals surface area (Å²) in [6, 6.07) is 13.0. The first-order chi connectivity index (χ1) is 9.60. The summed E-state index contributed by atoms with van der Waals surface area (Å²) in [6.07, 6.45) is 0. The minimum atomic E-state index is -0.0140. The highest BCUT2D eigenvalue weighted by Gasteiger charge is 2.08. The van der Waals surface area contributed by atoms with Crippen LogP contribution in [0.2, 0.25) is 0 Å². The lowest BCUT2D eigenvalue weighted by atomic mass is 10.1. The van der Waals surface area contributed by atoms with Gasteiger partial charge in [0.15, 0.2) is 5.78 Å². The van der Waals surface area contributed by atoms with E-state index < -0.39 is 0 Å². The lowest BCUT2D eigenvalue weighted by molar-refractivity contribution is 0.101. The maximum Gasteiger partial charge on any atom is 0.181 e. The van der Waals surface area contributed by atoms with Crippen LogP contribution in [-0.2, 0) is 0 Å². The Hall–Kier alpha value is -2.49. The van der Waals surface area contributed by atoms with Crippen LogP contribution in [0, 0.1) is 6.92 Å². The molecule has 0 spiro atoms. The number of aryl methyl sites for hydroxylation is 1. The van der Waals surface area contributed by atoms with Crippen molar-refractivity contribution in [2.45, 2.75) is 6.92 Å². The standard InChI is InChI=1S/C16H18N2O2/c1-11-3-6-13(7-4-11)18-10-15(19)12-5-8-16(20-2)14(17)9-12/h3-9,18H,10,17H2,1-2H3. The molecular weight excluding hydrogens is 252 g/mol. The molecule has 4 nitrogen and oxygen atoms in total. The van der Waals surface area contributed by atoms with Crippen molar-refractivity contribution in [2.75, 3.05) is 24.7 Å². The molecular formula is C16H18N2O2. The van der Waals surface area contributed by atoms with Gasteiger partial charge in [0, 0.05) is 11.3 Å². The molecule has 20 heavy (non-hydrogen) atoms. The smallest absolute Gasteiger partial charge is 0.181 e. The van der Waals surface area contributed by atoms with Gasteiger partial charge in [-0.15, -0.1) is 0 Å². The van der Waals surface area contributed by atoms with Crippen LogP contribution < -0.4 is 15.8 Å². The van der Waals surface area contributed by atoms with Crippen LogP contribution >= 0.6 is 0 Å². The molecule has 0 bridgehead atoms. The molecule has 3 N–H and O–H groups in total. The zero-order valence-electron chi connectivity index (χ0n) is 11.6. The predicted octanol–water partition coefficient (Wildman–Crippen LogP) is 2.88. The third kappa shape index (κ3) is 3.29. The van der Waals surface area contributed by atoms with Gasteiger partial charge in [-0.25, -0.2) is 0 Å². The highest BCUT2D eigenvalue weighted by Crippen LogP contribution is 2.22. The first kappa shape index (κ1) is 13.9. The number of carbonyl (C=O) groups is 1. The molecule has 0 saturated carbocycles. The van der Waals surface area contributed by atoms with Crippen molar-refractivity contribution >= 4 is 17.2 Å². The van der Waals surface area contributed by atoms with E-state index in [0.717, 1.165) is 5.69 Å². The molecule has 0 radical (unpaired) electrons. The second-order valence-corrected chi connectivity index (χ2v) is 4.60. The van der Waals surface area contributed by atoms with Crippen molar-refractivity contribution in [3.05, 3.63) is 53.6 Å². The fourth-order valence-electron chi connectivity index (χ4n) is 1.86. The quantitative estimate of drug-likeness (QED) is 0.647. The Balaban J connectivity index is 2.01. The Labute approximate surface area is 118 Å². The summed E-state index contributed by atoms with van der Waals surface area (Å²) in [5.41, 5.74) is 8.94. The number of ketones is 1. The van der Waals surface area contributed by atoms with E-state index >= 15 is 0 Å². The highest BCUT2D eigenvalue weighted by atomic mass is 16.5. The first-order valence-corrected chi connectivity index (χ1v) is 6.37. The molecule has 0 atom stereocenters. The number of methoxy groups -OCH3 is 1. The maximum absolute atomic E-state index is 12.1. The second kappa shape index (κ2) is 6.10. The molecule has 104 valence electrons. The van der Waals surface area contributed by atoms with Gasteiger partial charge >= 0.3 is 0 Å². The van der Waals surface area contributed by atoms with Gasteiger partial charge in [-0.2, -0.15) is 0 Å². The summed E-state index contributed by atoms with van der Waals surface area (Å²) in [6.45, 7) is 2.25. The van der Waals surface area contributed by atoms with E-state index in [9.17, 15) is 4.79 Å². The molecule has 2 rings (SSSR count). The largest absolute Gasteiger partial charge is 0.495 e. The fraction of sp³-hybridized carbons (Fsp3) is 0.188. The van der Waals surface area contributed by atoms with Crippen LogP contribution in [0.3, 0.4) is 0 Å². The van der Waals surface area contributed by atoms with Crippen LogP contribution in [0.1, 0.15) is 15.9 Å². The van der Waals surface area contributed by atoms with Crippen LogP contribution in [0.5, 0.6) is 5.75 Å². The average Bonchev–Trinajstić information content (AvgIpc) is 2.46. The van der Waals surface area contributed by atoms with Gasteiger partial charge in [0.1, 0.15) is 5.75 Å². The van der Waals surface area contributed by atoms with E-state index in [-0.39, 0.29) is 12.3 Å². The van der Waals surface area contributed by atoms with Crippen LogP contribution in [0.15, 0.2) is 42.5 Å². The number of anilines is 2. The van der Waals surface area contributed by atoms with E-state index in [0.29, 0.717) is 17.0 Å². The van der Waals surface area contributed by atoms with E-state index in [4.69, 9.17) is 10.5 Å². The molecule has 0 fully saturated rings. The number of ether oxygens (including phenoxy) is 1. The molecule has 2 aromatic carbocycles. The van der Waals surface area contributed by atoms with E-state index in [1.54, 1.807) is 25.3 Å². The molecule has 2 aromatic rings. The third-order valence-electron chi connectivity index (χ3n) is 3.06. The van der Waals surface area contributed by atoms with Gasteiger partial charge in [0.2, 0.25) is 0 Å². The molecule has 0 heterocycles. The molecule has 0 amide bonds. The summed E-state index contributed by atoms with van der Waals surface area (Å²) >= 11 is 0. The Kier molecular flexibility index (Phi) is 4.25. The van der Waals surface area contributed by atoms with Crippen molar-refractivity contribution in [1.29, 1.82) is 0 Å². The van der Waals surface area contributed by atoms with Crippen molar-refractivity contribution in [3.8, 4) is 5.75 Å². The molecule has 0 aliphatic rings. The summed E-state index contributed by atoms with van der Waals surface area (Å²) in [5, 5.41) is 3.10. The number of nitrogens with one attached hydrogen (secondary N) is 1. The zero-order chi connectivity index (χ0) is 14.5. The Morgan fingerprint density at radius 2 is 1.90 bits per heavy atom. The van der Waals surface area contributed by atoms with Crippen molar-refractivity contribution in [2.24, 2.45) is 0 Å². The summed E-state index contributed by atoms with van der Waals surface area (Å²) in [4.78, 5) is 12.1. The first-order valence-electron chi connectivity index (χ1n) is 6.37. The molecule has 0 unspecified atom stereocenters. The minimum Gasteiger partial charge on any atom is -0.495 e. The molecule has 0 saturated heterocycles. The van der Waals surface area contributed by atoms with Gasteiger partial charge in [0.25, 0.3) is 0 Å². The minimum absolute atomic E-state index is 0.0140. The normalized spacial score (nSPS) is 10.1. The van der Waals surface area contributed by atoms with E-state index in [1.165, 1.54) is 5.56 Å². The van der Waals surface area contributed by atoms with Gasteiger partial charge in [0.05, 0.1) is 19.3 Å². The lowest BCUT2D eigenvalue weighted by Gasteiger charge is -2.08. The average molecular weight is 270 g/mol. The summed E-state index contributed by atoms with van der Waals surface area (Å²) in [7, 11) is 1.55. The topological polar surface area (TPSA) is 64.3 Å². The highest BCUT2D eigenvalue weighted by molar-refractivity contribution is 6.00. The lowest BCUT2D eigenvalue weighted by Crippen LogP contribution is -2.14. The fourth-order valence-corrected chi connectivity index (χ4v) is 1.86. The van der Waals surface area contributed by atoms with Gasteiger partial charge in [-0.3, -0.25) is 4.79 Å². The predicted molar refractivity (Wildman–Crippen MR) is 81.4 cm³/mol. The van der Waals surface area contributed by atoms with Gasteiger partial charge in [-0.05, 0) is 37.3 Å². The summed E-state index contributed by atoms with van der Waals surface area (Å²) < 4.78 is 5.07. The molecule has 4 heteroatoms. The maximum atomic E-state index is 12.1. The van der Waals surface area contributed by atoms with Crippen LogP contribution in [0.4, 0.5) is 11.4 Å². The van der Waals surface area contributed by atoms with Crippen LogP contribution in [-0.4, -0.2) is 19.4 Å². The van der Waals surface area contributed by atoms with E-state index in [2.05, 4.69) is 5.32 Å². The molecule has 0 aromatic heterocycles. The number of benzene rings is 2. The SMILES string of the molecule is COc1ccc(C(=O)CNc2ccc(C)cc2)cc1N. The Morgan fingerprint density at radius 3 is 2.50 bits per heavy atom. The number of rotatable bonds is 5. The Morgan fingerprint density at radius 1 is 1.20 bits per heavy atom. The molecule has 0 aliphatic carbocycles. The van der Waals surface area contributed by atoms with Crippen molar-refractivity contribution in [3.63, 3.8) is 0 Å². The number of hydrogen-bond acceptors (Lipinski definition) is 4.